The van der Waals surface area contributed by atoms with Crippen molar-refractivity contribution in [2.24, 2.45) is 4.99 Å². The number of hydrogen-bond acceptors (Lipinski definition) is 4. The molecule has 1 fully saturated rings. The summed E-state index contributed by atoms with van der Waals surface area (Å²) in [5.41, 5.74) is 1.89. The van der Waals surface area contributed by atoms with Gasteiger partial charge in [0.25, 0.3) is 0 Å². The van der Waals surface area contributed by atoms with E-state index in [4.69, 9.17) is 4.99 Å². The lowest BCUT2D eigenvalue weighted by Crippen LogP contribution is -2.52. The summed E-state index contributed by atoms with van der Waals surface area (Å²) in [4.78, 5) is 13.9. The van der Waals surface area contributed by atoms with Gasteiger partial charge in [0.15, 0.2) is 5.96 Å². The summed E-state index contributed by atoms with van der Waals surface area (Å²) in [6, 6.07) is 17.9. The highest BCUT2D eigenvalue weighted by atomic mass is 127. The average molecular weight is 517 g/mol. The lowest BCUT2D eigenvalue weighted by Gasteiger charge is -2.37. The summed E-state index contributed by atoms with van der Waals surface area (Å²) in [6.07, 6.45) is 1.85. The average Bonchev–Trinajstić information content (AvgIpc) is 2.77. The number of para-hydroxylation sites is 2. The van der Waals surface area contributed by atoms with E-state index in [1.54, 1.807) is 6.07 Å². The van der Waals surface area contributed by atoms with Crippen LogP contribution in [0.1, 0.15) is 12.6 Å². The molecule has 4 rings (SSSR count). The van der Waals surface area contributed by atoms with Gasteiger partial charge >= 0.3 is 0 Å². The van der Waals surface area contributed by atoms with Gasteiger partial charge in [-0.15, -0.1) is 24.0 Å². The number of piperazine rings is 1. The maximum Gasteiger partial charge on any atom is 0.194 e. The molecule has 158 valence electrons. The van der Waals surface area contributed by atoms with Crippen molar-refractivity contribution in [1.82, 2.24) is 15.2 Å². The van der Waals surface area contributed by atoms with E-state index in [1.807, 2.05) is 42.6 Å². The predicted octanol–water partition coefficient (Wildman–Crippen LogP) is 3.85. The molecule has 0 aliphatic carbocycles. The summed E-state index contributed by atoms with van der Waals surface area (Å²) in [6.45, 7) is 6.84. The van der Waals surface area contributed by atoms with E-state index >= 15 is 0 Å². The van der Waals surface area contributed by atoms with Gasteiger partial charge in [-0.2, -0.15) is 0 Å². The maximum atomic E-state index is 10.1. The van der Waals surface area contributed by atoms with Gasteiger partial charge in [0.05, 0.1) is 17.9 Å². The predicted molar refractivity (Wildman–Crippen MR) is 134 cm³/mol. The van der Waals surface area contributed by atoms with Crippen molar-refractivity contribution in [2.45, 2.75) is 13.5 Å². The second kappa shape index (κ2) is 10.5. The minimum atomic E-state index is 0. The lowest BCUT2D eigenvalue weighted by molar-refractivity contribution is 0.369. The molecule has 0 saturated carbocycles. The minimum absolute atomic E-state index is 0. The summed E-state index contributed by atoms with van der Waals surface area (Å²) in [7, 11) is 0. The quantitative estimate of drug-likeness (QED) is 0.313. The summed E-state index contributed by atoms with van der Waals surface area (Å²) < 4.78 is 0. The van der Waals surface area contributed by atoms with Gasteiger partial charge in [-0.05, 0) is 30.5 Å². The molecular weight excluding hydrogens is 489 g/mol. The summed E-state index contributed by atoms with van der Waals surface area (Å²) in [5, 5.41) is 15.9. The third-order valence-corrected chi connectivity index (χ3v) is 5.27. The SMILES string of the molecule is CCNC(=NCc1nccc2ccccc12)N1CCN(c2ccccc2O)CC1.I. The fraction of sp³-hybridized carbons (Fsp3) is 0.304. The highest BCUT2D eigenvalue weighted by Crippen LogP contribution is 2.27. The molecule has 7 heteroatoms. The van der Waals surface area contributed by atoms with Crippen LogP contribution in [0.2, 0.25) is 0 Å². The first kappa shape index (κ1) is 22.1. The number of aliphatic imine (C=N–C) groups is 1. The number of hydrogen-bond donors (Lipinski definition) is 2. The van der Waals surface area contributed by atoms with E-state index in [1.165, 1.54) is 5.39 Å². The molecule has 1 aliphatic rings. The zero-order chi connectivity index (χ0) is 20.1. The zero-order valence-corrected chi connectivity index (χ0v) is 19.5. The van der Waals surface area contributed by atoms with Crippen LogP contribution in [-0.4, -0.2) is 53.7 Å². The Morgan fingerprint density at radius 1 is 1.03 bits per heavy atom. The van der Waals surface area contributed by atoms with Gasteiger partial charge in [-0.1, -0.05) is 36.4 Å². The van der Waals surface area contributed by atoms with E-state index in [0.717, 1.165) is 55.5 Å². The fourth-order valence-corrected chi connectivity index (χ4v) is 3.77. The molecular formula is C23H28IN5O. The number of fused-ring (bicyclic) bond motifs is 1. The van der Waals surface area contributed by atoms with Crippen LogP contribution in [0.25, 0.3) is 10.8 Å². The number of phenols is 1. The lowest BCUT2D eigenvalue weighted by atomic mass is 10.1. The Labute approximate surface area is 194 Å². The Balaban J connectivity index is 0.00000256. The molecule has 2 N–H and O–H groups in total. The molecule has 3 aromatic rings. The van der Waals surface area contributed by atoms with Gasteiger partial charge in [-0.3, -0.25) is 4.98 Å². The van der Waals surface area contributed by atoms with Crippen LogP contribution in [0.3, 0.4) is 0 Å². The molecule has 0 amide bonds. The van der Waals surface area contributed by atoms with Crippen molar-refractivity contribution in [3.8, 4) is 5.75 Å². The number of halogens is 1. The molecule has 0 spiro atoms. The van der Waals surface area contributed by atoms with Crippen LogP contribution in [0.5, 0.6) is 5.75 Å². The number of nitrogens with one attached hydrogen (secondary N) is 1. The Morgan fingerprint density at radius 3 is 2.53 bits per heavy atom. The normalized spacial score (nSPS) is 14.5. The molecule has 2 heterocycles. The van der Waals surface area contributed by atoms with Crippen molar-refractivity contribution in [1.29, 1.82) is 0 Å². The fourth-order valence-electron chi connectivity index (χ4n) is 3.77. The van der Waals surface area contributed by atoms with E-state index in [0.29, 0.717) is 12.3 Å². The zero-order valence-electron chi connectivity index (χ0n) is 17.2. The Hall–Kier alpha value is -2.55. The van der Waals surface area contributed by atoms with Crippen molar-refractivity contribution in [3.05, 3.63) is 66.5 Å². The molecule has 0 atom stereocenters. The highest BCUT2D eigenvalue weighted by molar-refractivity contribution is 14.0. The number of benzene rings is 2. The third-order valence-electron chi connectivity index (χ3n) is 5.27. The first-order valence-electron chi connectivity index (χ1n) is 10.1. The van der Waals surface area contributed by atoms with Crippen LogP contribution in [0, 0.1) is 0 Å². The Bertz CT molecular complexity index is 996. The minimum Gasteiger partial charge on any atom is -0.506 e. The number of aromatic hydroxyl groups is 1. The van der Waals surface area contributed by atoms with Gasteiger partial charge in [0.2, 0.25) is 0 Å². The third kappa shape index (κ3) is 4.95. The van der Waals surface area contributed by atoms with E-state index < -0.39 is 0 Å². The van der Waals surface area contributed by atoms with Gasteiger partial charge in [0.1, 0.15) is 5.75 Å². The monoisotopic (exact) mass is 517 g/mol. The van der Waals surface area contributed by atoms with Crippen molar-refractivity contribution >= 4 is 46.4 Å². The van der Waals surface area contributed by atoms with Crippen molar-refractivity contribution in [2.75, 3.05) is 37.6 Å². The number of rotatable bonds is 4. The number of pyridine rings is 1. The molecule has 2 aromatic carbocycles. The Morgan fingerprint density at radius 2 is 1.77 bits per heavy atom. The number of phenolic OH excluding ortho intramolecular Hbond substituents is 1. The highest BCUT2D eigenvalue weighted by Gasteiger charge is 2.21. The first-order chi connectivity index (χ1) is 14.3. The van der Waals surface area contributed by atoms with E-state index in [2.05, 4.69) is 39.2 Å². The topological polar surface area (TPSA) is 64.0 Å². The maximum absolute atomic E-state index is 10.1. The van der Waals surface area contributed by atoms with Gasteiger partial charge in [-0.25, -0.2) is 4.99 Å². The standard InChI is InChI=1S/C23H27N5O.HI/c1-2-24-23(26-17-20-19-8-4-3-7-18(19)11-12-25-20)28-15-13-27(14-16-28)21-9-5-6-10-22(21)29;/h3-12,29H,2,13-17H2,1H3,(H,24,26);1H. The van der Waals surface area contributed by atoms with Crippen LogP contribution < -0.4 is 10.2 Å². The summed E-state index contributed by atoms with van der Waals surface area (Å²) >= 11 is 0. The molecule has 0 bridgehead atoms. The van der Waals surface area contributed by atoms with Crippen LogP contribution >= 0.6 is 24.0 Å². The van der Waals surface area contributed by atoms with Gasteiger partial charge < -0.3 is 20.2 Å². The summed E-state index contributed by atoms with van der Waals surface area (Å²) in [5.74, 6) is 1.25. The number of nitrogens with zero attached hydrogens (tertiary/aromatic N) is 4. The van der Waals surface area contributed by atoms with E-state index in [9.17, 15) is 5.11 Å². The number of aromatic nitrogens is 1. The molecule has 1 aromatic heterocycles. The molecule has 30 heavy (non-hydrogen) atoms. The van der Waals surface area contributed by atoms with Crippen LogP contribution in [0.15, 0.2) is 65.8 Å². The van der Waals surface area contributed by atoms with Crippen LogP contribution in [-0.2, 0) is 6.54 Å². The molecule has 6 nitrogen and oxygen atoms in total. The number of guanidine groups is 1. The molecule has 1 saturated heterocycles. The smallest absolute Gasteiger partial charge is 0.194 e. The van der Waals surface area contributed by atoms with E-state index in [-0.39, 0.29) is 24.0 Å². The van der Waals surface area contributed by atoms with Crippen molar-refractivity contribution < 1.29 is 5.11 Å². The molecule has 1 aliphatic heterocycles. The second-order valence-electron chi connectivity index (χ2n) is 7.11. The Kier molecular flexibility index (Phi) is 7.73. The van der Waals surface area contributed by atoms with Gasteiger partial charge in [0, 0.05) is 44.3 Å². The number of anilines is 1. The molecule has 0 unspecified atom stereocenters. The van der Waals surface area contributed by atoms with Crippen molar-refractivity contribution in [3.63, 3.8) is 0 Å². The second-order valence-corrected chi connectivity index (χ2v) is 7.11. The van der Waals surface area contributed by atoms with Crippen LogP contribution in [0.4, 0.5) is 5.69 Å². The first-order valence-corrected chi connectivity index (χ1v) is 10.1. The largest absolute Gasteiger partial charge is 0.506 e. The molecule has 0 radical (unpaired) electrons.